The standard InChI is InChI=1S/C14H12ClFO3S/c1-20(18,19)11-4-2-3-9(7-11)14(17)12-6-5-10(15)8-13(12)16/h2-8,14,17H,1H3. The topological polar surface area (TPSA) is 54.4 Å². The van der Waals surface area contributed by atoms with Gasteiger partial charge < -0.3 is 5.11 Å². The number of rotatable bonds is 3. The minimum Gasteiger partial charge on any atom is -0.384 e. The number of benzene rings is 2. The third kappa shape index (κ3) is 3.17. The molecular weight excluding hydrogens is 303 g/mol. The molecule has 0 amide bonds. The van der Waals surface area contributed by atoms with Crippen LogP contribution in [0.3, 0.4) is 0 Å². The first-order valence-corrected chi connectivity index (χ1v) is 7.99. The summed E-state index contributed by atoms with van der Waals surface area (Å²) in [5, 5.41) is 10.4. The summed E-state index contributed by atoms with van der Waals surface area (Å²) in [6.45, 7) is 0. The molecule has 106 valence electrons. The van der Waals surface area contributed by atoms with E-state index in [0.717, 1.165) is 12.3 Å². The van der Waals surface area contributed by atoms with E-state index in [1.807, 2.05) is 0 Å². The predicted molar refractivity (Wildman–Crippen MR) is 75.0 cm³/mol. The van der Waals surface area contributed by atoms with E-state index in [1.165, 1.54) is 36.4 Å². The van der Waals surface area contributed by atoms with Crippen molar-refractivity contribution >= 4 is 21.4 Å². The molecule has 0 bridgehead atoms. The zero-order valence-corrected chi connectivity index (χ0v) is 12.1. The van der Waals surface area contributed by atoms with E-state index < -0.39 is 21.8 Å². The van der Waals surface area contributed by atoms with E-state index in [9.17, 15) is 17.9 Å². The minimum atomic E-state index is -3.38. The molecule has 6 heteroatoms. The second kappa shape index (κ2) is 5.52. The van der Waals surface area contributed by atoms with Gasteiger partial charge in [0.1, 0.15) is 11.9 Å². The van der Waals surface area contributed by atoms with Crippen LogP contribution in [0.5, 0.6) is 0 Å². The Labute approximate surface area is 121 Å². The summed E-state index contributed by atoms with van der Waals surface area (Å²) in [7, 11) is -3.38. The summed E-state index contributed by atoms with van der Waals surface area (Å²) >= 11 is 5.65. The average Bonchev–Trinajstić information content (AvgIpc) is 2.37. The van der Waals surface area contributed by atoms with Gasteiger partial charge in [0.2, 0.25) is 0 Å². The summed E-state index contributed by atoms with van der Waals surface area (Å²) in [5.41, 5.74) is 0.342. The molecule has 0 saturated heterocycles. The SMILES string of the molecule is CS(=O)(=O)c1cccc(C(O)c2ccc(Cl)cc2F)c1. The molecule has 0 spiro atoms. The van der Waals surface area contributed by atoms with Crippen molar-refractivity contribution in [2.45, 2.75) is 11.0 Å². The zero-order valence-electron chi connectivity index (χ0n) is 10.5. The molecule has 0 radical (unpaired) electrons. The van der Waals surface area contributed by atoms with Crippen LogP contribution in [0.4, 0.5) is 4.39 Å². The molecular formula is C14H12ClFO3S. The molecule has 0 aromatic heterocycles. The van der Waals surface area contributed by atoms with Crippen LogP contribution in [0, 0.1) is 5.82 Å². The van der Waals surface area contributed by atoms with Gasteiger partial charge in [-0.1, -0.05) is 29.8 Å². The Hall–Kier alpha value is -1.43. The Bertz CT molecular complexity index is 744. The molecule has 1 atom stereocenters. The number of sulfone groups is 1. The fourth-order valence-electron chi connectivity index (χ4n) is 1.82. The van der Waals surface area contributed by atoms with Crippen molar-refractivity contribution in [1.29, 1.82) is 0 Å². The normalized spacial score (nSPS) is 13.2. The van der Waals surface area contributed by atoms with Crippen molar-refractivity contribution in [2.24, 2.45) is 0 Å². The van der Waals surface area contributed by atoms with E-state index in [0.29, 0.717) is 5.56 Å². The lowest BCUT2D eigenvalue weighted by Crippen LogP contribution is -2.05. The van der Waals surface area contributed by atoms with Crippen LogP contribution < -0.4 is 0 Å². The molecule has 1 unspecified atom stereocenters. The van der Waals surface area contributed by atoms with Crippen molar-refractivity contribution in [1.82, 2.24) is 0 Å². The smallest absolute Gasteiger partial charge is 0.175 e. The van der Waals surface area contributed by atoms with Crippen molar-refractivity contribution in [3.05, 3.63) is 64.4 Å². The second-order valence-electron chi connectivity index (χ2n) is 4.41. The fraction of sp³-hybridized carbons (Fsp3) is 0.143. The third-order valence-electron chi connectivity index (χ3n) is 2.86. The van der Waals surface area contributed by atoms with Crippen molar-refractivity contribution in [3.63, 3.8) is 0 Å². The summed E-state index contributed by atoms with van der Waals surface area (Å²) in [6.07, 6.45) is -0.185. The molecule has 0 saturated carbocycles. The van der Waals surface area contributed by atoms with Gasteiger partial charge in [0.25, 0.3) is 0 Å². The van der Waals surface area contributed by atoms with Crippen LogP contribution in [0.1, 0.15) is 17.2 Å². The first kappa shape index (κ1) is 15.0. The maximum absolute atomic E-state index is 13.8. The van der Waals surface area contributed by atoms with E-state index in [1.54, 1.807) is 0 Å². The summed E-state index contributed by atoms with van der Waals surface area (Å²) in [5.74, 6) is -0.644. The first-order chi connectivity index (χ1) is 9.29. The van der Waals surface area contributed by atoms with Gasteiger partial charge in [-0.05, 0) is 29.8 Å². The van der Waals surface area contributed by atoms with E-state index in [4.69, 9.17) is 11.6 Å². The average molecular weight is 315 g/mol. The lowest BCUT2D eigenvalue weighted by molar-refractivity contribution is 0.214. The van der Waals surface area contributed by atoms with Crippen LogP contribution in [-0.2, 0) is 9.84 Å². The Morgan fingerprint density at radius 3 is 2.50 bits per heavy atom. The quantitative estimate of drug-likeness (QED) is 0.947. The molecule has 2 rings (SSSR count). The summed E-state index contributed by atoms with van der Waals surface area (Å²) < 4.78 is 36.7. The Balaban J connectivity index is 2.46. The van der Waals surface area contributed by atoms with Gasteiger partial charge in [0.15, 0.2) is 9.84 Å². The molecule has 3 nitrogen and oxygen atoms in total. The largest absolute Gasteiger partial charge is 0.384 e. The molecule has 2 aromatic carbocycles. The van der Waals surface area contributed by atoms with Gasteiger partial charge in [-0.15, -0.1) is 0 Å². The first-order valence-electron chi connectivity index (χ1n) is 5.72. The van der Waals surface area contributed by atoms with Crippen LogP contribution in [0.15, 0.2) is 47.4 Å². The summed E-state index contributed by atoms with van der Waals surface area (Å²) in [4.78, 5) is 0.0726. The van der Waals surface area contributed by atoms with Gasteiger partial charge in [-0.3, -0.25) is 0 Å². The molecule has 0 fully saturated rings. The number of aliphatic hydroxyl groups is 1. The highest BCUT2D eigenvalue weighted by Gasteiger charge is 2.17. The van der Waals surface area contributed by atoms with Crippen LogP contribution in [-0.4, -0.2) is 19.8 Å². The number of aliphatic hydroxyl groups excluding tert-OH is 1. The Kier molecular flexibility index (Phi) is 4.13. The predicted octanol–water partition coefficient (Wildman–Crippen LogP) is 2.96. The molecule has 20 heavy (non-hydrogen) atoms. The Morgan fingerprint density at radius 1 is 1.20 bits per heavy atom. The fourth-order valence-corrected chi connectivity index (χ4v) is 2.65. The maximum Gasteiger partial charge on any atom is 0.175 e. The number of hydrogen-bond acceptors (Lipinski definition) is 3. The number of halogens is 2. The molecule has 0 heterocycles. The van der Waals surface area contributed by atoms with Crippen LogP contribution in [0.2, 0.25) is 5.02 Å². The Morgan fingerprint density at radius 2 is 1.90 bits per heavy atom. The third-order valence-corrected chi connectivity index (χ3v) is 4.20. The second-order valence-corrected chi connectivity index (χ2v) is 6.87. The number of hydrogen-bond donors (Lipinski definition) is 1. The van der Waals surface area contributed by atoms with E-state index >= 15 is 0 Å². The molecule has 0 aliphatic heterocycles. The molecule has 2 aromatic rings. The van der Waals surface area contributed by atoms with Crippen LogP contribution >= 0.6 is 11.6 Å². The van der Waals surface area contributed by atoms with E-state index in [2.05, 4.69) is 0 Å². The minimum absolute atomic E-state index is 0.0417. The monoisotopic (exact) mass is 314 g/mol. The summed E-state index contributed by atoms with van der Waals surface area (Å²) in [6, 6.07) is 9.72. The van der Waals surface area contributed by atoms with Gasteiger partial charge in [-0.2, -0.15) is 0 Å². The van der Waals surface area contributed by atoms with Crippen molar-refractivity contribution in [3.8, 4) is 0 Å². The van der Waals surface area contributed by atoms with Gasteiger partial charge in [0.05, 0.1) is 4.90 Å². The van der Waals surface area contributed by atoms with Gasteiger partial charge in [0, 0.05) is 16.8 Å². The van der Waals surface area contributed by atoms with Crippen LogP contribution in [0.25, 0.3) is 0 Å². The highest BCUT2D eigenvalue weighted by atomic mass is 35.5. The maximum atomic E-state index is 13.8. The lowest BCUT2D eigenvalue weighted by Gasteiger charge is -2.13. The lowest BCUT2D eigenvalue weighted by atomic mass is 10.0. The highest BCUT2D eigenvalue weighted by molar-refractivity contribution is 7.90. The van der Waals surface area contributed by atoms with Crippen molar-refractivity contribution in [2.75, 3.05) is 6.26 Å². The highest BCUT2D eigenvalue weighted by Crippen LogP contribution is 2.27. The zero-order chi connectivity index (χ0) is 14.9. The van der Waals surface area contributed by atoms with E-state index in [-0.39, 0.29) is 15.5 Å². The molecule has 0 aliphatic carbocycles. The molecule has 0 aliphatic rings. The van der Waals surface area contributed by atoms with Gasteiger partial charge >= 0.3 is 0 Å². The van der Waals surface area contributed by atoms with Gasteiger partial charge in [-0.25, -0.2) is 12.8 Å². The molecule has 1 N–H and O–H groups in total. The van der Waals surface area contributed by atoms with Crippen molar-refractivity contribution < 1.29 is 17.9 Å².